The predicted molar refractivity (Wildman–Crippen MR) is 95.0 cm³/mol. The SMILES string of the molecule is CC(C)CCCCCCCCCCCC=CNCCC(=O)O. The maximum Gasteiger partial charge on any atom is 0.305 e. The second-order valence-corrected chi connectivity index (χ2v) is 6.65. The van der Waals surface area contributed by atoms with Crippen LogP contribution in [0.1, 0.15) is 90.9 Å². The lowest BCUT2D eigenvalue weighted by molar-refractivity contribution is -0.136. The second-order valence-electron chi connectivity index (χ2n) is 6.65. The van der Waals surface area contributed by atoms with Crippen molar-refractivity contribution in [3.8, 4) is 0 Å². The van der Waals surface area contributed by atoms with Gasteiger partial charge in [-0.3, -0.25) is 4.79 Å². The topological polar surface area (TPSA) is 49.3 Å². The minimum Gasteiger partial charge on any atom is -0.481 e. The van der Waals surface area contributed by atoms with Gasteiger partial charge in [-0.1, -0.05) is 77.7 Å². The number of allylic oxidation sites excluding steroid dienone is 1. The molecule has 0 aromatic heterocycles. The van der Waals surface area contributed by atoms with E-state index in [2.05, 4.69) is 25.2 Å². The molecule has 0 radical (unpaired) electrons. The highest BCUT2D eigenvalue weighted by molar-refractivity contribution is 5.66. The Morgan fingerprint density at radius 3 is 2.05 bits per heavy atom. The molecular weight excluding hydrogens is 274 g/mol. The van der Waals surface area contributed by atoms with E-state index < -0.39 is 5.97 Å². The van der Waals surface area contributed by atoms with Gasteiger partial charge >= 0.3 is 5.97 Å². The van der Waals surface area contributed by atoms with Crippen molar-refractivity contribution >= 4 is 5.97 Å². The van der Waals surface area contributed by atoms with Gasteiger partial charge in [-0.15, -0.1) is 0 Å². The standard InChI is InChI=1S/C19H37NO2/c1-18(2)14-12-10-8-6-4-3-5-7-9-11-13-16-20-17-15-19(21)22/h13,16,18,20H,3-12,14-15,17H2,1-2H3,(H,21,22). The normalized spacial score (nSPS) is 11.4. The molecule has 130 valence electrons. The summed E-state index contributed by atoms with van der Waals surface area (Å²) in [4.78, 5) is 10.3. The molecule has 3 nitrogen and oxygen atoms in total. The largest absolute Gasteiger partial charge is 0.481 e. The van der Waals surface area contributed by atoms with Gasteiger partial charge in [-0.05, 0) is 25.0 Å². The number of hydrogen-bond acceptors (Lipinski definition) is 2. The molecule has 0 rings (SSSR count). The number of nitrogens with one attached hydrogen (secondary N) is 1. The summed E-state index contributed by atoms with van der Waals surface area (Å²) in [5.74, 6) is 0.113. The maximum absolute atomic E-state index is 10.3. The first kappa shape index (κ1) is 21.0. The monoisotopic (exact) mass is 311 g/mol. The molecule has 2 N–H and O–H groups in total. The zero-order valence-electron chi connectivity index (χ0n) is 14.8. The van der Waals surface area contributed by atoms with Crippen LogP contribution in [-0.4, -0.2) is 17.6 Å². The molecular formula is C19H37NO2. The molecule has 0 bridgehead atoms. The highest BCUT2D eigenvalue weighted by Crippen LogP contribution is 2.13. The summed E-state index contributed by atoms with van der Waals surface area (Å²) in [7, 11) is 0. The summed E-state index contributed by atoms with van der Waals surface area (Å²) in [6.07, 6.45) is 19.0. The van der Waals surface area contributed by atoms with Crippen LogP contribution in [0.5, 0.6) is 0 Å². The first-order valence-corrected chi connectivity index (χ1v) is 9.23. The summed E-state index contributed by atoms with van der Waals surface area (Å²) in [6, 6.07) is 0. The van der Waals surface area contributed by atoms with Crippen LogP contribution in [0.4, 0.5) is 0 Å². The van der Waals surface area contributed by atoms with Gasteiger partial charge in [-0.2, -0.15) is 0 Å². The van der Waals surface area contributed by atoms with Gasteiger partial charge in [0.15, 0.2) is 0 Å². The fraction of sp³-hybridized carbons (Fsp3) is 0.842. The van der Waals surface area contributed by atoms with Crippen molar-refractivity contribution in [1.29, 1.82) is 0 Å². The molecule has 3 heteroatoms. The molecule has 0 saturated heterocycles. The summed E-state index contributed by atoms with van der Waals surface area (Å²) in [5, 5.41) is 11.5. The lowest BCUT2D eigenvalue weighted by Gasteiger charge is -2.04. The van der Waals surface area contributed by atoms with Crippen LogP contribution in [0.3, 0.4) is 0 Å². The van der Waals surface area contributed by atoms with E-state index in [4.69, 9.17) is 5.11 Å². The Hall–Kier alpha value is -0.990. The molecule has 0 heterocycles. The number of carbonyl (C=O) groups is 1. The lowest BCUT2D eigenvalue weighted by Crippen LogP contribution is -2.11. The van der Waals surface area contributed by atoms with E-state index in [0.717, 1.165) is 12.3 Å². The van der Waals surface area contributed by atoms with Crippen LogP contribution < -0.4 is 5.32 Å². The minimum atomic E-state index is -0.749. The summed E-state index contributed by atoms with van der Waals surface area (Å²) >= 11 is 0. The fourth-order valence-corrected chi connectivity index (χ4v) is 2.48. The summed E-state index contributed by atoms with van der Waals surface area (Å²) < 4.78 is 0. The van der Waals surface area contributed by atoms with E-state index >= 15 is 0 Å². The third-order valence-corrected chi connectivity index (χ3v) is 3.87. The third-order valence-electron chi connectivity index (χ3n) is 3.87. The molecule has 0 aliphatic rings. The van der Waals surface area contributed by atoms with Gasteiger partial charge in [0.25, 0.3) is 0 Å². The number of rotatable bonds is 16. The van der Waals surface area contributed by atoms with Gasteiger partial charge in [0.05, 0.1) is 6.42 Å². The van der Waals surface area contributed by atoms with E-state index in [1.165, 1.54) is 64.2 Å². The van der Waals surface area contributed by atoms with Crippen LogP contribution >= 0.6 is 0 Å². The molecule has 0 aliphatic carbocycles. The van der Waals surface area contributed by atoms with Gasteiger partial charge < -0.3 is 10.4 Å². The average molecular weight is 312 g/mol. The van der Waals surface area contributed by atoms with Crippen LogP contribution in [0, 0.1) is 5.92 Å². The Morgan fingerprint density at radius 2 is 1.50 bits per heavy atom. The van der Waals surface area contributed by atoms with Crippen LogP contribution in [0.15, 0.2) is 12.3 Å². The Kier molecular flexibility index (Phi) is 15.6. The quantitative estimate of drug-likeness (QED) is 0.369. The molecule has 0 atom stereocenters. The Morgan fingerprint density at radius 1 is 0.955 bits per heavy atom. The average Bonchev–Trinajstić information content (AvgIpc) is 2.46. The predicted octanol–water partition coefficient (Wildman–Crippen LogP) is 5.51. The van der Waals surface area contributed by atoms with Gasteiger partial charge in [-0.25, -0.2) is 0 Å². The van der Waals surface area contributed by atoms with Crippen molar-refractivity contribution in [2.24, 2.45) is 5.92 Å². The molecule has 0 aromatic rings. The fourth-order valence-electron chi connectivity index (χ4n) is 2.48. The highest BCUT2D eigenvalue weighted by Gasteiger charge is 1.95. The van der Waals surface area contributed by atoms with Crippen molar-refractivity contribution in [3.05, 3.63) is 12.3 Å². The molecule has 0 unspecified atom stereocenters. The van der Waals surface area contributed by atoms with E-state index in [1.807, 2.05) is 6.20 Å². The number of carboxylic acids is 1. The Bertz CT molecular complexity index is 275. The zero-order chi connectivity index (χ0) is 16.5. The third kappa shape index (κ3) is 19.0. The van der Waals surface area contributed by atoms with E-state index in [9.17, 15) is 4.79 Å². The van der Waals surface area contributed by atoms with E-state index in [-0.39, 0.29) is 6.42 Å². The molecule has 0 aliphatic heterocycles. The molecule has 0 saturated carbocycles. The molecule has 0 fully saturated rings. The van der Waals surface area contributed by atoms with E-state index in [0.29, 0.717) is 6.54 Å². The van der Waals surface area contributed by atoms with E-state index in [1.54, 1.807) is 0 Å². The molecule has 0 spiro atoms. The number of carboxylic acid groups (broad SMARTS) is 1. The Balaban J connectivity index is 3.08. The Labute approximate surface area is 137 Å². The number of hydrogen-bond donors (Lipinski definition) is 2. The molecule has 0 aromatic carbocycles. The second kappa shape index (κ2) is 16.4. The van der Waals surface area contributed by atoms with Gasteiger partial charge in [0.1, 0.15) is 0 Å². The van der Waals surface area contributed by atoms with Crippen molar-refractivity contribution in [3.63, 3.8) is 0 Å². The van der Waals surface area contributed by atoms with Gasteiger partial charge in [0.2, 0.25) is 0 Å². The maximum atomic E-state index is 10.3. The lowest BCUT2D eigenvalue weighted by atomic mass is 10.0. The molecule has 0 amide bonds. The van der Waals surface area contributed by atoms with Crippen molar-refractivity contribution in [1.82, 2.24) is 5.32 Å². The van der Waals surface area contributed by atoms with Crippen molar-refractivity contribution in [2.45, 2.75) is 90.9 Å². The summed E-state index contributed by atoms with van der Waals surface area (Å²) in [6.45, 7) is 5.13. The number of aliphatic carboxylic acids is 1. The zero-order valence-corrected chi connectivity index (χ0v) is 14.8. The van der Waals surface area contributed by atoms with Crippen LogP contribution in [0.25, 0.3) is 0 Å². The van der Waals surface area contributed by atoms with Crippen molar-refractivity contribution < 1.29 is 9.90 Å². The van der Waals surface area contributed by atoms with Crippen molar-refractivity contribution in [2.75, 3.05) is 6.54 Å². The van der Waals surface area contributed by atoms with Gasteiger partial charge in [0, 0.05) is 6.54 Å². The highest BCUT2D eigenvalue weighted by atomic mass is 16.4. The smallest absolute Gasteiger partial charge is 0.305 e. The van der Waals surface area contributed by atoms with Crippen LogP contribution in [0.2, 0.25) is 0 Å². The van der Waals surface area contributed by atoms with Crippen LogP contribution in [-0.2, 0) is 4.79 Å². The minimum absolute atomic E-state index is 0.182. The first-order valence-electron chi connectivity index (χ1n) is 9.23. The summed E-state index contributed by atoms with van der Waals surface area (Å²) in [5.41, 5.74) is 0. The number of unbranched alkanes of at least 4 members (excludes halogenated alkanes) is 9. The first-order chi connectivity index (χ1) is 10.6. The molecule has 22 heavy (non-hydrogen) atoms.